The van der Waals surface area contributed by atoms with Crippen molar-refractivity contribution in [1.29, 1.82) is 0 Å². The van der Waals surface area contributed by atoms with Crippen molar-refractivity contribution in [3.8, 4) is 0 Å². The van der Waals surface area contributed by atoms with E-state index in [2.05, 4.69) is 0 Å². The van der Waals surface area contributed by atoms with Gasteiger partial charge < -0.3 is 17.2 Å². The first-order valence-corrected chi connectivity index (χ1v) is 3.97. The Balaban J connectivity index is 3.40. The van der Waals surface area contributed by atoms with Crippen molar-refractivity contribution in [2.75, 3.05) is 0 Å². The topological polar surface area (TPSA) is 129 Å². The van der Waals surface area contributed by atoms with Crippen LogP contribution in [0.2, 0.25) is 0 Å². The molecule has 0 aromatic heterocycles. The largest absolute Gasteiger partial charge is 0.366 e. The number of primary amides is 3. The third kappa shape index (κ3) is 2.11. The average molecular weight is 207 g/mol. The fraction of sp³-hybridized carbons (Fsp3) is 0. The maximum atomic E-state index is 11.0. The molecule has 0 unspecified atom stereocenters. The summed E-state index contributed by atoms with van der Waals surface area (Å²) in [5.74, 6) is -2.35. The first kappa shape index (κ1) is 10.7. The van der Waals surface area contributed by atoms with Crippen LogP contribution >= 0.6 is 0 Å². The van der Waals surface area contributed by atoms with Crippen molar-refractivity contribution in [3.05, 3.63) is 34.9 Å². The molecule has 0 bridgehead atoms. The molecule has 6 nitrogen and oxygen atoms in total. The Labute approximate surface area is 85.0 Å². The lowest BCUT2D eigenvalue weighted by Crippen LogP contribution is -2.22. The van der Waals surface area contributed by atoms with Gasteiger partial charge in [0.1, 0.15) is 0 Å². The van der Waals surface area contributed by atoms with Crippen LogP contribution < -0.4 is 17.2 Å². The molecule has 0 saturated heterocycles. The Hall–Kier alpha value is -2.37. The van der Waals surface area contributed by atoms with Crippen LogP contribution in [0, 0.1) is 0 Å². The highest BCUT2D eigenvalue weighted by Crippen LogP contribution is 2.11. The second kappa shape index (κ2) is 3.79. The zero-order valence-corrected chi connectivity index (χ0v) is 7.69. The molecule has 0 heterocycles. The third-order valence-corrected chi connectivity index (χ3v) is 1.84. The second-order valence-corrected chi connectivity index (χ2v) is 2.85. The summed E-state index contributed by atoms with van der Waals surface area (Å²) >= 11 is 0. The summed E-state index contributed by atoms with van der Waals surface area (Å²) in [4.78, 5) is 32.7. The number of carbonyl (C=O) groups is 3. The van der Waals surface area contributed by atoms with Gasteiger partial charge in [0.05, 0.1) is 11.1 Å². The molecule has 0 radical (unpaired) electrons. The van der Waals surface area contributed by atoms with Crippen LogP contribution in [0.15, 0.2) is 18.2 Å². The molecule has 3 amide bonds. The van der Waals surface area contributed by atoms with Gasteiger partial charge in [-0.1, -0.05) is 0 Å². The minimum Gasteiger partial charge on any atom is -0.366 e. The maximum Gasteiger partial charge on any atom is 0.249 e. The molecule has 0 atom stereocenters. The van der Waals surface area contributed by atoms with E-state index in [1.54, 1.807) is 0 Å². The minimum atomic E-state index is -0.841. The van der Waals surface area contributed by atoms with Crippen LogP contribution in [0.25, 0.3) is 0 Å². The summed E-state index contributed by atoms with van der Waals surface area (Å²) in [6.45, 7) is 0. The van der Waals surface area contributed by atoms with Gasteiger partial charge in [0.25, 0.3) is 0 Å². The minimum absolute atomic E-state index is 0.0347. The van der Waals surface area contributed by atoms with Gasteiger partial charge in [-0.15, -0.1) is 0 Å². The number of benzene rings is 1. The lowest BCUT2D eigenvalue weighted by molar-refractivity contribution is 0.0965. The predicted octanol–water partition coefficient (Wildman–Crippen LogP) is -1.02. The van der Waals surface area contributed by atoms with Crippen molar-refractivity contribution in [1.82, 2.24) is 0 Å². The second-order valence-electron chi connectivity index (χ2n) is 2.85. The van der Waals surface area contributed by atoms with Crippen LogP contribution in [0.4, 0.5) is 0 Å². The van der Waals surface area contributed by atoms with Crippen molar-refractivity contribution < 1.29 is 14.4 Å². The summed E-state index contributed by atoms with van der Waals surface area (Å²) < 4.78 is 0. The molecule has 0 aliphatic heterocycles. The van der Waals surface area contributed by atoms with Crippen molar-refractivity contribution in [2.24, 2.45) is 17.2 Å². The molecule has 1 aromatic carbocycles. The van der Waals surface area contributed by atoms with E-state index < -0.39 is 17.7 Å². The molecule has 0 spiro atoms. The molecule has 0 fully saturated rings. The molecule has 0 saturated carbocycles. The zero-order valence-electron chi connectivity index (χ0n) is 7.69. The summed E-state index contributed by atoms with van der Waals surface area (Å²) in [5, 5.41) is 0. The van der Waals surface area contributed by atoms with Crippen molar-refractivity contribution in [2.45, 2.75) is 0 Å². The Bertz CT molecular complexity index is 454. The smallest absolute Gasteiger partial charge is 0.249 e. The number of hydrogen-bond donors (Lipinski definition) is 3. The van der Waals surface area contributed by atoms with Gasteiger partial charge in [-0.3, -0.25) is 14.4 Å². The SMILES string of the molecule is NC(=O)c1ccc(C(N)=O)c(C(N)=O)c1. The Morgan fingerprint density at radius 2 is 1.33 bits per heavy atom. The van der Waals surface area contributed by atoms with E-state index in [0.29, 0.717) is 0 Å². The molecule has 78 valence electrons. The van der Waals surface area contributed by atoms with Crippen LogP contribution in [0.1, 0.15) is 31.1 Å². The van der Waals surface area contributed by atoms with Gasteiger partial charge in [0.2, 0.25) is 17.7 Å². The van der Waals surface area contributed by atoms with Gasteiger partial charge in [-0.2, -0.15) is 0 Å². The molecule has 6 heteroatoms. The predicted molar refractivity (Wildman–Crippen MR) is 52.0 cm³/mol. The quantitative estimate of drug-likeness (QED) is 0.586. The van der Waals surface area contributed by atoms with Gasteiger partial charge in [0, 0.05) is 5.56 Å². The van der Waals surface area contributed by atoms with Crippen LogP contribution in [-0.2, 0) is 0 Å². The van der Waals surface area contributed by atoms with E-state index in [0.717, 1.165) is 6.07 Å². The van der Waals surface area contributed by atoms with E-state index in [4.69, 9.17) is 17.2 Å². The standard InChI is InChI=1S/C9H9N3O3/c10-7(13)4-1-2-5(8(11)14)6(3-4)9(12)15/h1-3H,(H2,10,13)(H2,11,14)(H2,12,15). The van der Waals surface area contributed by atoms with Gasteiger partial charge in [-0.25, -0.2) is 0 Å². The highest BCUT2D eigenvalue weighted by molar-refractivity contribution is 6.08. The molecular weight excluding hydrogens is 198 g/mol. The number of hydrogen-bond acceptors (Lipinski definition) is 3. The monoisotopic (exact) mass is 207 g/mol. The maximum absolute atomic E-state index is 11.0. The molecule has 1 rings (SSSR count). The number of carbonyl (C=O) groups excluding carboxylic acids is 3. The van der Waals surface area contributed by atoms with Gasteiger partial charge >= 0.3 is 0 Å². The average Bonchev–Trinajstić information content (AvgIpc) is 2.16. The Morgan fingerprint density at radius 1 is 0.800 bits per heavy atom. The molecule has 1 aromatic rings. The summed E-state index contributed by atoms with van der Waals surface area (Å²) in [6, 6.07) is 3.68. The van der Waals surface area contributed by atoms with E-state index in [1.807, 2.05) is 0 Å². The molecular formula is C9H9N3O3. The number of rotatable bonds is 3. The Morgan fingerprint density at radius 3 is 1.73 bits per heavy atom. The summed E-state index contributed by atoms with van der Waals surface area (Å²) in [6.07, 6.45) is 0. The van der Waals surface area contributed by atoms with E-state index in [1.165, 1.54) is 12.1 Å². The van der Waals surface area contributed by atoms with Gasteiger partial charge in [0.15, 0.2) is 0 Å². The lowest BCUT2D eigenvalue weighted by Gasteiger charge is -2.04. The number of nitrogens with two attached hydrogens (primary N) is 3. The number of amides is 3. The lowest BCUT2D eigenvalue weighted by atomic mass is 10.0. The summed E-state index contributed by atoms with van der Waals surface area (Å²) in [7, 11) is 0. The molecule has 6 N–H and O–H groups in total. The van der Waals surface area contributed by atoms with E-state index in [-0.39, 0.29) is 16.7 Å². The first-order chi connectivity index (χ1) is 6.93. The molecule has 15 heavy (non-hydrogen) atoms. The Kier molecular flexibility index (Phi) is 2.70. The highest BCUT2D eigenvalue weighted by Gasteiger charge is 2.14. The fourth-order valence-corrected chi connectivity index (χ4v) is 1.12. The van der Waals surface area contributed by atoms with Crippen LogP contribution in [0.3, 0.4) is 0 Å². The summed E-state index contributed by atoms with van der Waals surface area (Å²) in [5.41, 5.74) is 15.0. The highest BCUT2D eigenvalue weighted by atomic mass is 16.2. The molecule has 0 aliphatic carbocycles. The van der Waals surface area contributed by atoms with Crippen molar-refractivity contribution >= 4 is 17.7 Å². The molecule has 0 aliphatic rings. The first-order valence-electron chi connectivity index (χ1n) is 3.97. The van der Waals surface area contributed by atoms with E-state index >= 15 is 0 Å². The van der Waals surface area contributed by atoms with Gasteiger partial charge in [-0.05, 0) is 18.2 Å². The van der Waals surface area contributed by atoms with Crippen LogP contribution in [0.5, 0.6) is 0 Å². The zero-order chi connectivity index (χ0) is 11.6. The van der Waals surface area contributed by atoms with Crippen molar-refractivity contribution in [3.63, 3.8) is 0 Å². The fourth-order valence-electron chi connectivity index (χ4n) is 1.12. The van der Waals surface area contributed by atoms with E-state index in [9.17, 15) is 14.4 Å². The normalized spacial score (nSPS) is 9.60. The van der Waals surface area contributed by atoms with Crippen LogP contribution in [-0.4, -0.2) is 17.7 Å². The third-order valence-electron chi connectivity index (χ3n) is 1.84.